The molecule has 0 saturated carbocycles. The van der Waals surface area contributed by atoms with E-state index in [2.05, 4.69) is 15.5 Å². The Hall–Kier alpha value is -2.08. The number of nitrogens with zero attached hydrogens (tertiary/aromatic N) is 1. The number of carbonyl (C=O) groups is 1. The van der Waals surface area contributed by atoms with Crippen LogP contribution in [0.5, 0.6) is 0 Å². The molecule has 108 valence electrons. The average molecular weight is 275 g/mol. The van der Waals surface area contributed by atoms with E-state index in [1.165, 1.54) is 0 Å². The van der Waals surface area contributed by atoms with E-state index >= 15 is 0 Å². The smallest absolute Gasteiger partial charge is 0.320 e. The van der Waals surface area contributed by atoms with Gasteiger partial charge < -0.3 is 21.3 Å². The van der Waals surface area contributed by atoms with Crippen LogP contribution in [0.1, 0.15) is 12.8 Å². The number of amidine groups is 1. The molecular weight excluding hydrogens is 254 g/mol. The lowest BCUT2D eigenvalue weighted by Crippen LogP contribution is -2.62. The van der Waals surface area contributed by atoms with Gasteiger partial charge in [0, 0.05) is 18.8 Å². The SMILES string of the molecule is CN1CCC(NC(=O)Nc2ccccc2)(C(=N)N)CC1. The van der Waals surface area contributed by atoms with Gasteiger partial charge in [-0.15, -0.1) is 0 Å². The molecule has 0 atom stereocenters. The summed E-state index contributed by atoms with van der Waals surface area (Å²) in [6, 6.07) is 8.90. The standard InChI is InChI=1S/C14H21N5O/c1-19-9-7-14(8-10-19,12(15)16)18-13(20)17-11-5-3-2-4-6-11/h2-6H,7-10H2,1H3,(H3,15,16)(H2,17,18,20). The van der Waals surface area contributed by atoms with Crippen molar-refractivity contribution in [1.82, 2.24) is 10.2 Å². The minimum atomic E-state index is -0.731. The number of benzene rings is 1. The highest BCUT2D eigenvalue weighted by molar-refractivity contribution is 5.96. The van der Waals surface area contributed by atoms with Crippen molar-refractivity contribution >= 4 is 17.6 Å². The topological polar surface area (TPSA) is 94.2 Å². The van der Waals surface area contributed by atoms with Crippen molar-refractivity contribution in [3.63, 3.8) is 0 Å². The van der Waals surface area contributed by atoms with Gasteiger partial charge in [0.05, 0.1) is 0 Å². The first kappa shape index (κ1) is 14.3. The van der Waals surface area contributed by atoms with Gasteiger partial charge >= 0.3 is 6.03 Å². The number of para-hydroxylation sites is 1. The molecule has 1 aromatic carbocycles. The summed E-state index contributed by atoms with van der Waals surface area (Å²) in [7, 11) is 2.02. The Morgan fingerprint density at radius 2 is 1.90 bits per heavy atom. The summed E-state index contributed by atoms with van der Waals surface area (Å²) in [5.74, 6) is 0.0220. The predicted octanol–water partition coefficient (Wildman–Crippen LogP) is 1.21. The van der Waals surface area contributed by atoms with E-state index in [1.54, 1.807) is 0 Å². The Morgan fingerprint density at radius 1 is 1.30 bits per heavy atom. The van der Waals surface area contributed by atoms with Crippen LogP contribution in [-0.2, 0) is 0 Å². The molecule has 5 N–H and O–H groups in total. The number of piperidine rings is 1. The van der Waals surface area contributed by atoms with Crippen LogP contribution in [0.2, 0.25) is 0 Å². The molecule has 20 heavy (non-hydrogen) atoms. The van der Waals surface area contributed by atoms with Gasteiger partial charge in [0.15, 0.2) is 0 Å². The van der Waals surface area contributed by atoms with Crippen LogP contribution in [-0.4, -0.2) is 42.4 Å². The van der Waals surface area contributed by atoms with E-state index in [-0.39, 0.29) is 11.9 Å². The number of rotatable bonds is 3. The van der Waals surface area contributed by atoms with Crippen LogP contribution >= 0.6 is 0 Å². The number of amides is 2. The van der Waals surface area contributed by atoms with Crippen molar-refractivity contribution in [2.75, 3.05) is 25.5 Å². The zero-order valence-corrected chi connectivity index (χ0v) is 11.6. The molecule has 6 heteroatoms. The maximum atomic E-state index is 12.1. The Kier molecular flexibility index (Phi) is 4.24. The summed E-state index contributed by atoms with van der Waals surface area (Å²) >= 11 is 0. The first-order valence-electron chi connectivity index (χ1n) is 6.69. The fraction of sp³-hybridized carbons (Fsp3) is 0.429. The first-order chi connectivity index (χ1) is 9.52. The highest BCUT2D eigenvalue weighted by Gasteiger charge is 2.38. The minimum absolute atomic E-state index is 0.0220. The molecular formula is C14H21N5O. The Labute approximate surface area is 118 Å². The van der Waals surface area contributed by atoms with E-state index in [0.29, 0.717) is 12.8 Å². The summed E-state index contributed by atoms with van der Waals surface area (Å²) in [6.45, 7) is 1.62. The van der Waals surface area contributed by atoms with Gasteiger partial charge in [-0.3, -0.25) is 5.41 Å². The molecule has 0 aromatic heterocycles. The van der Waals surface area contributed by atoms with Crippen molar-refractivity contribution in [3.05, 3.63) is 30.3 Å². The molecule has 1 fully saturated rings. The molecule has 0 bridgehead atoms. The van der Waals surface area contributed by atoms with Gasteiger partial charge in [0.2, 0.25) is 0 Å². The van der Waals surface area contributed by atoms with E-state index in [1.807, 2.05) is 37.4 Å². The van der Waals surface area contributed by atoms with Crippen LogP contribution in [0.4, 0.5) is 10.5 Å². The average Bonchev–Trinajstić information content (AvgIpc) is 2.42. The molecule has 1 aromatic rings. The Balaban J connectivity index is 2.02. The van der Waals surface area contributed by atoms with Crippen molar-refractivity contribution in [1.29, 1.82) is 5.41 Å². The third kappa shape index (κ3) is 3.27. The summed E-state index contributed by atoms with van der Waals surface area (Å²) in [5.41, 5.74) is 5.70. The van der Waals surface area contributed by atoms with Gasteiger partial charge in [-0.2, -0.15) is 0 Å². The molecule has 0 aliphatic carbocycles. The van der Waals surface area contributed by atoms with Gasteiger partial charge in [0.25, 0.3) is 0 Å². The van der Waals surface area contributed by atoms with Crippen molar-refractivity contribution in [3.8, 4) is 0 Å². The lowest BCUT2D eigenvalue weighted by molar-refractivity contribution is 0.198. The van der Waals surface area contributed by atoms with Crippen molar-refractivity contribution < 1.29 is 4.79 Å². The molecule has 1 heterocycles. The summed E-state index contributed by atoms with van der Waals surface area (Å²) in [5, 5.41) is 13.4. The second-order valence-electron chi connectivity index (χ2n) is 5.24. The van der Waals surface area contributed by atoms with Crippen molar-refractivity contribution in [2.24, 2.45) is 5.73 Å². The summed E-state index contributed by atoms with van der Waals surface area (Å²) in [4.78, 5) is 14.2. The maximum Gasteiger partial charge on any atom is 0.320 e. The van der Waals surface area contributed by atoms with E-state index in [0.717, 1.165) is 18.8 Å². The summed E-state index contributed by atoms with van der Waals surface area (Å²) in [6.07, 6.45) is 1.31. The lowest BCUT2D eigenvalue weighted by atomic mass is 9.86. The van der Waals surface area contributed by atoms with Crippen LogP contribution < -0.4 is 16.4 Å². The number of nitrogens with one attached hydrogen (secondary N) is 3. The van der Waals surface area contributed by atoms with Crippen LogP contribution in [0.15, 0.2) is 30.3 Å². The zero-order chi connectivity index (χ0) is 14.6. The normalized spacial score (nSPS) is 18.2. The molecule has 0 unspecified atom stereocenters. The third-order valence-corrected chi connectivity index (χ3v) is 3.74. The van der Waals surface area contributed by atoms with E-state index in [9.17, 15) is 4.79 Å². The van der Waals surface area contributed by atoms with Crippen LogP contribution in [0.3, 0.4) is 0 Å². The number of anilines is 1. The highest BCUT2D eigenvalue weighted by Crippen LogP contribution is 2.21. The van der Waals surface area contributed by atoms with Gasteiger partial charge in [-0.05, 0) is 32.0 Å². The van der Waals surface area contributed by atoms with Crippen molar-refractivity contribution in [2.45, 2.75) is 18.4 Å². The van der Waals surface area contributed by atoms with E-state index < -0.39 is 5.54 Å². The molecule has 0 spiro atoms. The molecule has 2 amide bonds. The largest absolute Gasteiger partial charge is 0.386 e. The molecule has 2 rings (SSSR count). The fourth-order valence-electron chi connectivity index (χ4n) is 2.36. The Morgan fingerprint density at radius 3 is 2.45 bits per heavy atom. The maximum absolute atomic E-state index is 12.1. The van der Waals surface area contributed by atoms with Gasteiger partial charge in [0.1, 0.15) is 11.4 Å². The predicted molar refractivity (Wildman–Crippen MR) is 80.0 cm³/mol. The third-order valence-electron chi connectivity index (χ3n) is 3.74. The number of urea groups is 1. The molecule has 1 aliphatic rings. The second-order valence-corrected chi connectivity index (χ2v) is 5.24. The minimum Gasteiger partial charge on any atom is -0.386 e. The highest BCUT2D eigenvalue weighted by atomic mass is 16.2. The fourth-order valence-corrected chi connectivity index (χ4v) is 2.36. The first-order valence-corrected chi connectivity index (χ1v) is 6.69. The lowest BCUT2D eigenvalue weighted by Gasteiger charge is -2.40. The van der Waals surface area contributed by atoms with E-state index in [4.69, 9.17) is 11.1 Å². The number of nitrogens with two attached hydrogens (primary N) is 1. The molecule has 1 aliphatic heterocycles. The quantitative estimate of drug-likeness (QED) is 0.493. The number of hydrogen-bond donors (Lipinski definition) is 4. The van der Waals surface area contributed by atoms with Gasteiger partial charge in [-0.1, -0.05) is 18.2 Å². The number of carbonyl (C=O) groups excluding carboxylic acids is 1. The second kappa shape index (κ2) is 5.92. The molecule has 0 radical (unpaired) electrons. The van der Waals surface area contributed by atoms with Crippen LogP contribution in [0, 0.1) is 5.41 Å². The molecule has 1 saturated heterocycles. The van der Waals surface area contributed by atoms with Gasteiger partial charge in [-0.25, -0.2) is 4.79 Å². The molecule has 6 nitrogen and oxygen atoms in total. The summed E-state index contributed by atoms with van der Waals surface area (Å²) < 4.78 is 0. The number of likely N-dealkylation sites (tertiary alicyclic amines) is 1. The van der Waals surface area contributed by atoms with Crippen LogP contribution in [0.25, 0.3) is 0 Å². The zero-order valence-electron chi connectivity index (χ0n) is 11.6. The Bertz CT molecular complexity index is 480. The number of hydrogen-bond acceptors (Lipinski definition) is 3. The monoisotopic (exact) mass is 275 g/mol.